The van der Waals surface area contributed by atoms with E-state index in [4.69, 9.17) is 23.2 Å². The first-order valence-electron chi connectivity index (χ1n) is 5.91. The lowest BCUT2D eigenvalue weighted by Gasteiger charge is -2.30. The molecule has 110 valence electrons. The van der Waals surface area contributed by atoms with Gasteiger partial charge in [0.15, 0.2) is 0 Å². The van der Waals surface area contributed by atoms with Crippen molar-refractivity contribution in [2.45, 2.75) is 30.2 Å². The SMILES string of the molecule is CC1(C(=O)O)CCCN1S(=O)(=O)c1ccc(Cl)c(Cl)c1. The smallest absolute Gasteiger partial charge is 0.324 e. The molecule has 0 spiro atoms. The van der Waals surface area contributed by atoms with Crippen LogP contribution in [0.15, 0.2) is 23.1 Å². The Hall–Kier alpha value is -0.820. The number of aliphatic carboxylic acids is 1. The molecule has 1 saturated heterocycles. The largest absolute Gasteiger partial charge is 0.480 e. The highest BCUT2D eigenvalue weighted by molar-refractivity contribution is 7.89. The van der Waals surface area contributed by atoms with E-state index in [1.807, 2.05) is 0 Å². The maximum atomic E-state index is 12.6. The van der Waals surface area contributed by atoms with E-state index in [0.717, 1.165) is 4.31 Å². The second-order valence-corrected chi connectivity index (χ2v) is 7.51. The second-order valence-electron chi connectivity index (χ2n) is 4.84. The third-order valence-corrected chi connectivity index (χ3v) is 6.27. The quantitative estimate of drug-likeness (QED) is 0.919. The van der Waals surface area contributed by atoms with Crippen LogP contribution in [0.3, 0.4) is 0 Å². The van der Waals surface area contributed by atoms with Crippen LogP contribution >= 0.6 is 23.2 Å². The van der Waals surface area contributed by atoms with Gasteiger partial charge in [0.25, 0.3) is 0 Å². The summed E-state index contributed by atoms with van der Waals surface area (Å²) in [4.78, 5) is 11.3. The van der Waals surface area contributed by atoms with Crippen molar-refractivity contribution in [3.63, 3.8) is 0 Å². The summed E-state index contributed by atoms with van der Waals surface area (Å²) in [6, 6.07) is 3.94. The first-order valence-corrected chi connectivity index (χ1v) is 8.10. The minimum Gasteiger partial charge on any atom is -0.480 e. The van der Waals surface area contributed by atoms with Gasteiger partial charge in [0.1, 0.15) is 5.54 Å². The van der Waals surface area contributed by atoms with Gasteiger partial charge in [0, 0.05) is 6.54 Å². The minimum atomic E-state index is -3.92. The number of halogens is 2. The summed E-state index contributed by atoms with van der Waals surface area (Å²) in [6.07, 6.45) is 0.784. The molecule has 1 heterocycles. The lowest BCUT2D eigenvalue weighted by atomic mass is 10.0. The zero-order valence-electron chi connectivity index (χ0n) is 10.6. The summed E-state index contributed by atoms with van der Waals surface area (Å²) in [7, 11) is -3.92. The molecule has 0 aliphatic carbocycles. The number of hydrogen-bond acceptors (Lipinski definition) is 3. The molecule has 1 aliphatic rings. The van der Waals surface area contributed by atoms with Crippen LogP contribution in [0.5, 0.6) is 0 Å². The molecule has 0 saturated carbocycles. The van der Waals surface area contributed by atoms with Gasteiger partial charge >= 0.3 is 5.97 Å². The van der Waals surface area contributed by atoms with Crippen molar-refractivity contribution in [2.24, 2.45) is 0 Å². The fourth-order valence-electron chi connectivity index (χ4n) is 2.30. The minimum absolute atomic E-state index is 0.0544. The van der Waals surface area contributed by atoms with E-state index in [9.17, 15) is 18.3 Å². The monoisotopic (exact) mass is 337 g/mol. The zero-order chi connectivity index (χ0) is 15.1. The Morgan fingerprint density at radius 2 is 2.00 bits per heavy atom. The Morgan fingerprint density at radius 1 is 1.35 bits per heavy atom. The van der Waals surface area contributed by atoms with E-state index < -0.39 is 21.5 Å². The summed E-state index contributed by atoms with van der Waals surface area (Å²) >= 11 is 11.6. The molecule has 20 heavy (non-hydrogen) atoms. The highest BCUT2D eigenvalue weighted by Crippen LogP contribution is 2.36. The predicted octanol–water partition coefficient (Wildman–Crippen LogP) is 2.62. The Morgan fingerprint density at radius 3 is 2.55 bits per heavy atom. The molecular formula is C12H13Cl2NO4S. The van der Waals surface area contributed by atoms with Gasteiger partial charge in [0.2, 0.25) is 10.0 Å². The van der Waals surface area contributed by atoms with Crippen LogP contribution in [-0.2, 0) is 14.8 Å². The molecule has 1 N–H and O–H groups in total. The molecule has 1 fully saturated rings. The van der Waals surface area contributed by atoms with Gasteiger partial charge in [-0.2, -0.15) is 4.31 Å². The molecule has 0 radical (unpaired) electrons. The Labute approximate surface area is 127 Å². The van der Waals surface area contributed by atoms with Gasteiger partial charge in [-0.1, -0.05) is 23.2 Å². The highest BCUT2D eigenvalue weighted by atomic mass is 35.5. The molecule has 1 aliphatic heterocycles. The maximum absolute atomic E-state index is 12.6. The van der Waals surface area contributed by atoms with Crippen LogP contribution in [0.1, 0.15) is 19.8 Å². The van der Waals surface area contributed by atoms with Crippen LogP contribution in [0, 0.1) is 0 Å². The molecule has 0 bridgehead atoms. The van der Waals surface area contributed by atoms with Crippen molar-refractivity contribution in [3.05, 3.63) is 28.2 Å². The average molecular weight is 338 g/mol. The van der Waals surface area contributed by atoms with Crippen LogP contribution in [0.25, 0.3) is 0 Å². The van der Waals surface area contributed by atoms with Crippen molar-refractivity contribution >= 4 is 39.2 Å². The van der Waals surface area contributed by atoms with Crippen molar-refractivity contribution in [1.82, 2.24) is 4.31 Å². The number of nitrogens with zero attached hydrogens (tertiary/aromatic N) is 1. The lowest BCUT2D eigenvalue weighted by molar-refractivity contribution is -0.146. The van der Waals surface area contributed by atoms with Gasteiger partial charge < -0.3 is 5.11 Å². The number of carbonyl (C=O) groups is 1. The van der Waals surface area contributed by atoms with Crippen LogP contribution in [0.4, 0.5) is 0 Å². The van der Waals surface area contributed by atoms with E-state index in [1.165, 1.54) is 25.1 Å². The highest BCUT2D eigenvalue weighted by Gasteiger charge is 2.49. The van der Waals surface area contributed by atoms with E-state index >= 15 is 0 Å². The first kappa shape index (κ1) is 15.6. The molecule has 0 amide bonds. The van der Waals surface area contributed by atoms with Crippen molar-refractivity contribution < 1.29 is 18.3 Å². The topological polar surface area (TPSA) is 74.7 Å². The summed E-state index contributed by atoms with van der Waals surface area (Å²) in [5, 5.41) is 9.66. The van der Waals surface area contributed by atoms with E-state index in [0.29, 0.717) is 6.42 Å². The number of benzene rings is 1. The van der Waals surface area contributed by atoms with E-state index in [2.05, 4.69) is 0 Å². The molecule has 8 heteroatoms. The normalized spacial score (nSPS) is 23.9. The predicted molar refractivity (Wildman–Crippen MR) is 75.6 cm³/mol. The Bertz CT molecular complexity index is 661. The van der Waals surface area contributed by atoms with Crippen molar-refractivity contribution in [2.75, 3.05) is 6.54 Å². The van der Waals surface area contributed by atoms with Gasteiger partial charge in [0.05, 0.1) is 14.9 Å². The van der Waals surface area contributed by atoms with E-state index in [-0.39, 0.29) is 27.9 Å². The molecule has 2 rings (SSSR count). The molecule has 5 nitrogen and oxygen atoms in total. The number of carboxylic acid groups (broad SMARTS) is 1. The lowest BCUT2D eigenvalue weighted by Crippen LogP contribution is -2.50. The fourth-order valence-corrected chi connectivity index (χ4v) is 4.50. The van der Waals surface area contributed by atoms with Gasteiger partial charge in [-0.3, -0.25) is 4.79 Å². The average Bonchev–Trinajstić information content (AvgIpc) is 2.77. The molecule has 1 aromatic rings. The van der Waals surface area contributed by atoms with E-state index in [1.54, 1.807) is 0 Å². The molecule has 1 unspecified atom stereocenters. The summed E-state index contributed by atoms with van der Waals surface area (Å²) in [5.41, 5.74) is -1.43. The first-order chi connectivity index (χ1) is 9.19. The number of rotatable bonds is 3. The summed E-state index contributed by atoms with van der Waals surface area (Å²) in [6.45, 7) is 1.59. The summed E-state index contributed by atoms with van der Waals surface area (Å²) < 4.78 is 26.2. The molecule has 1 atom stereocenters. The second kappa shape index (κ2) is 5.18. The van der Waals surface area contributed by atoms with Crippen LogP contribution in [-0.4, -0.2) is 35.9 Å². The number of carboxylic acids is 1. The van der Waals surface area contributed by atoms with Gasteiger partial charge in [-0.05, 0) is 38.0 Å². The third kappa shape index (κ3) is 2.41. The standard InChI is InChI=1S/C12H13Cl2NO4S/c1-12(11(16)17)5-2-6-15(12)20(18,19)8-3-4-9(13)10(14)7-8/h3-4,7H,2,5-6H2,1H3,(H,16,17). The van der Waals surface area contributed by atoms with Crippen LogP contribution < -0.4 is 0 Å². The third-order valence-electron chi connectivity index (χ3n) is 3.52. The van der Waals surface area contributed by atoms with Crippen LogP contribution in [0.2, 0.25) is 10.0 Å². The molecule has 1 aromatic carbocycles. The number of hydrogen-bond donors (Lipinski definition) is 1. The van der Waals surface area contributed by atoms with Crippen molar-refractivity contribution in [3.8, 4) is 0 Å². The maximum Gasteiger partial charge on any atom is 0.324 e. The van der Waals surface area contributed by atoms with Gasteiger partial charge in [-0.15, -0.1) is 0 Å². The zero-order valence-corrected chi connectivity index (χ0v) is 13.0. The molecular weight excluding hydrogens is 325 g/mol. The summed E-state index contributed by atoms with van der Waals surface area (Å²) in [5.74, 6) is -1.15. The van der Waals surface area contributed by atoms with Crippen molar-refractivity contribution in [1.29, 1.82) is 0 Å². The molecule has 0 aromatic heterocycles. The number of sulfonamides is 1. The van der Waals surface area contributed by atoms with Gasteiger partial charge in [-0.25, -0.2) is 8.42 Å². The Balaban J connectivity index is 2.49. The Kier molecular flexibility index (Phi) is 4.03. The fraction of sp³-hybridized carbons (Fsp3) is 0.417.